The van der Waals surface area contributed by atoms with Crippen molar-refractivity contribution in [1.82, 2.24) is 15.3 Å². The normalized spacial score (nSPS) is 17.0. The van der Waals surface area contributed by atoms with Gasteiger partial charge in [0, 0.05) is 47.2 Å². The fourth-order valence-corrected chi connectivity index (χ4v) is 7.46. The Morgan fingerprint density at radius 1 is 0.941 bits per heavy atom. The second-order valence-corrected chi connectivity index (χ2v) is 14.7. The minimum atomic E-state index is -0.855. The fourth-order valence-electron chi connectivity index (χ4n) is 7.14. The summed E-state index contributed by atoms with van der Waals surface area (Å²) in [7, 11) is 3.20. The third kappa shape index (κ3) is 7.90. The van der Waals surface area contributed by atoms with Gasteiger partial charge in [0.2, 0.25) is 17.6 Å². The minimum Gasteiger partial charge on any atom is -0.481 e. The molecule has 2 N–H and O–H groups in total. The van der Waals surface area contributed by atoms with Crippen LogP contribution in [0.3, 0.4) is 0 Å². The van der Waals surface area contributed by atoms with Crippen molar-refractivity contribution < 1.29 is 28.9 Å². The fraction of sp³-hybridized carbons (Fsp3) is 0.415. The number of fused-ring (bicyclic) bond motifs is 1. The standard InChI is InChI=1S/C41H46ClN3O6/c1-24-20-26(18-19-41(2,3)40(47)48)38(49-4)45-37(24)51-35-17-15-30-29(8-6-9-31(30)35)32-10-7-11-33(36(32)42)34-16-13-27(39(44-34)50-5)23-43-22-25-12-14-28(46)21-25/h6-11,13,16,20,25,35,43H,12,14-15,17-19,21-23H2,1-5H3,(H,47,48)/t25-,35+/m1/s1. The number of rotatable bonds is 14. The molecular formula is C41H46ClN3O6. The number of nitrogens with zero attached hydrogens (tertiary/aromatic N) is 2. The number of carboxylic acid groups (broad SMARTS) is 1. The predicted octanol–water partition coefficient (Wildman–Crippen LogP) is 8.36. The van der Waals surface area contributed by atoms with E-state index in [1.54, 1.807) is 28.1 Å². The van der Waals surface area contributed by atoms with Gasteiger partial charge in [-0.1, -0.05) is 54.1 Å². The third-order valence-corrected chi connectivity index (χ3v) is 10.7. The summed E-state index contributed by atoms with van der Waals surface area (Å²) in [5, 5.41) is 13.6. The Labute approximate surface area is 304 Å². The molecule has 0 bridgehead atoms. The van der Waals surface area contributed by atoms with Crippen molar-refractivity contribution in [2.24, 2.45) is 11.3 Å². The van der Waals surface area contributed by atoms with E-state index in [2.05, 4.69) is 17.4 Å². The van der Waals surface area contributed by atoms with Crippen LogP contribution in [-0.2, 0) is 29.0 Å². The molecule has 4 aromatic rings. The Bertz CT molecular complexity index is 1940. The first-order valence-corrected chi connectivity index (χ1v) is 18.0. The summed E-state index contributed by atoms with van der Waals surface area (Å²) in [5.74, 6) is 1.41. The molecule has 0 spiro atoms. The van der Waals surface area contributed by atoms with Crippen molar-refractivity contribution >= 4 is 23.4 Å². The molecule has 0 amide bonds. The quantitative estimate of drug-likeness (QED) is 0.133. The Morgan fingerprint density at radius 2 is 1.67 bits per heavy atom. The summed E-state index contributed by atoms with van der Waals surface area (Å²) in [6.45, 7) is 6.80. The molecule has 0 aliphatic heterocycles. The molecular weight excluding hydrogens is 666 g/mol. The van der Waals surface area contributed by atoms with Crippen LogP contribution in [0.1, 0.15) is 79.9 Å². The van der Waals surface area contributed by atoms with Gasteiger partial charge < -0.3 is 24.6 Å². The van der Waals surface area contributed by atoms with Gasteiger partial charge in [0.25, 0.3) is 0 Å². The van der Waals surface area contributed by atoms with Crippen molar-refractivity contribution in [2.45, 2.75) is 78.4 Å². The highest BCUT2D eigenvalue weighted by Gasteiger charge is 2.30. The molecule has 0 radical (unpaired) electrons. The van der Waals surface area contributed by atoms with E-state index >= 15 is 0 Å². The average Bonchev–Trinajstić information content (AvgIpc) is 3.73. The summed E-state index contributed by atoms with van der Waals surface area (Å²) in [6.07, 6.45) is 4.68. The Balaban J connectivity index is 1.21. The summed E-state index contributed by atoms with van der Waals surface area (Å²) in [4.78, 5) is 32.8. The molecule has 2 heterocycles. The van der Waals surface area contributed by atoms with Crippen LogP contribution in [0.4, 0.5) is 0 Å². The van der Waals surface area contributed by atoms with Gasteiger partial charge in [-0.15, -0.1) is 0 Å². The molecule has 2 aromatic carbocycles. The molecule has 268 valence electrons. The zero-order valence-corrected chi connectivity index (χ0v) is 30.7. The number of halogens is 1. The highest BCUT2D eigenvalue weighted by atomic mass is 35.5. The van der Waals surface area contributed by atoms with Crippen molar-refractivity contribution in [1.29, 1.82) is 0 Å². The van der Waals surface area contributed by atoms with Crippen molar-refractivity contribution in [2.75, 3.05) is 20.8 Å². The van der Waals surface area contributed by atoms with Crippen LogP contribution in [0.5, 0.6) is 17.6 Å². The lowest BCUT2D eigenvalue weighted by Gasteiger charge is -2.21. The Hall–Kier alpha value is -4.47. The highest BCUT2D eigenvalue weighted by molar-refractivity contribution is 6.36. The topological polar surface area (TPSA) is 120 Å². The molecule has 2 atom stereocenters. The molecule has 2 aliphatic rings. The highest BCUT2D eigenvalue weighted by Crippen LogP contribution is 2.44. The molecule has 0 unspecified atom stereocenters. The number of pyridine rings is 2. The van der Waals surface area contributed by atoms with E-state index in [-0.39, 0.29) is 6.10 Å². The first kappa shape index (κ1) is 36.3. The first-order valence-electron chi connectivity index (χ1n) is 17.6. The molecule has 10 heteroatoms. The molecule has 6 rings (SSSR count). The Morgan fingerprint density at radius 3 is 2.39 bits per heavy atom. The summed E-state index contributed by atoms with van der Waals surface area (Å²) < 4.78 is 17.9. The lowest BCUT2D eigenvalue weighted by molar-refractivity contribution is -0.147. The number of hydrogen-bond acceptors (Lipinski definition) is 8. The smallest absolute Gasteiger partial charge is 0.309 e. The molecule has 51 heavy (non-hydrogen) atoms. The summed E-state index contributed by atoms with van der Waals surface area (Å²) in [6, 6.07) is 18.3. The van der Waals surface area contributed by atoms with E-state index in [1.807, 2.05) is 49.4 Å². The van der Waals surface area contributed by atoms with Gasteiger partial charge in [-0.3, -0.25) is 9.59 Å². The number of methoxy groups -OCH3 is 2. The number of carbonyl (C=O) groups is 2. The van der Waals surface area contributed by atoms with Crippen LogP contribution in [0.15, 0.2) is 54.6 Å². The molecule has 2 aromatic heterocycles. The molecule has 1 saturated carbocycles. The zero-order chi connectivity index (χ0) is 36.3. The number of benzene rings is 2. The largest absolute Gasteiger partial charge is 0.481 e. The van der Waals surface area contributed by atoms with Crippen LogP contribution in [-0.4, -0.2) is 47.6 Å². The average molecular weight is 712 g/mol. The van der Waals surface area contributed by atoms with E-state index < -0.39 is 11.4 Å². The van der Waals surface area contributed by atoms with Gasteiger partial charge in [0.05, 0.1) is 30.4 Å². The van der Waals surface area contributed by atoms with Gasteiger partial charge in [0.15, 0.2) is 0 Å². The van der Waals surface area contributed by atoms with Gasteiger partial charge in [-0.05, 0) is 94.2 Å². The van der Waals surface area contributed by atoms with Crippen LogP contribution < -0.4 is 19.5 Å². The number of carboxylic acids is 1. The van der Waals surface area contributed by atoms with Gasteiger partial charge in [-0.2, -0.15) is 4.98 Å². The molecule has 9 nitrogen and oxygen atoms in total. The minimum absolute atomic E-state index is 0.198. The van der Waals surface area contributed by atoms with Crippen LogP contribution in [0, 0.1) is 18.3 Å². The molecule has 1 fully saturated rings. The number of ketones is 1. The lowest BCUT2D eigenvalue weighted by atomic mass is 9.86. The second-order valence-electron chi connectivity index (χ2n) is 14.3. The number of hydrogen-bond donors (Lipinski definition) is 2. The predicted molar refractivity (Wildman–Crippen MR) is 198 cm³/mol. The van der Waals surface area contributed by atoms with Gasteiger partial charge in [0.1, 0.15) is 11.9 Å². The van der Waals surface area contributed by atoms with E-state index in [0.29, 0.717) is 66.6 Å². The number of aromatic nitrogens is 2. The van der Waals surface area contributed by atoms with E-state index in [0.717, 1.165) is 70.4 Å². The molecule has 2 aliphatic carbocycles. The van der Waals surface area contributed by atoms with Crippen LogP contribution >= 0.6 is 11.6 Å². The number of carbonyl (C=O) groups excluding carboxylic acids is 1. The summed E-state index contributed by atoms with van der Waals surface area (Å²) in [5.41, 5.74) is 7.63. The van der Waals surface area contributed by atoms with E-state index in [4.69, 9.17) is 35.8 Å². The summed E-state index contributed by atoms with van der Waals surface area (Å²) >= 11 is 7.18. The monoisotopic (exact) mass is 711 g/mol. The van der Waals surface area contributed by atoms with Gasteiger partial charge >= 0.3 is 5.97 Å². The van der Waals surface area contributed by atoms with Crippen LogP contribution in [0.25, 0.3) is 22.4 Å². The van der Waals surface area contributed by atoms with Crippen molar-refractivity contribution in [3.8, 4) is 40.0 Å². The number of aliphatic carboxylic acids is 1. The maximum atomic E-state index is 11.6. The SMILES string of the molecule is COc1nc(-c2cccc(-c3cccc4c3CC[C@@H]4Oc3nc(OC)c(CCC(C)(C)C(=O)O)cc3C)c2Cl)ccc1CNC[C@@H]1CCC(=O)C1. The van der Waals surface area contributed by atoms with Crippen molar-refractivity contribution in [3.63, 3.8) is 0 Å². The van der Waals surface area contributed by atoms with E-state index in [1.165, 1.54) is 5.56 Å². The molecule has 0 saturated heterocycles. The third-order valence-electron chi connectivity index (χ3n) is 10.3. The van der Waals surface area contributed by atoms with Gasteiger partial charge in [-0.25, -0.2) is 4.98 Å². The number of nitrogens with one attached hydrogen (secondary N) is 1. The lowest BCUT2D eigenvalue weighted by Crippen LogP contribution is -2.24. The Kier molecular flexibility index (Phi) is 11.0. The van der Waals surface area contributed by atoms with Crippen molar-refractivity contribution in [3.05, 3.63) is 87.4 Å². The maximum Gasteiger partial charge on any atom is 0.309 e. The number of Topliss-reactive ketones (excluding diaryl/α,β-unsaturated/α-hetero) is 1. The van der Waals surface area contributed by atoms with Crippen LogP contribution in [0.2, 0.25) is 5.02 Å². The zero-order valence-electron chi connectivity index (χ0n) is 30.0. The first-order chi connectivity index (χ1) is 24.5. The second kappa shape index (κ2) is 15.4. The maximum absolute atomic E-state index is 11.6. The number of aryl methyl sites for hydroxylation is 2. The van der Waals surface area contributed by atoms with E-state index in [9.17, 15) is 14.7 Å². The number of ether oxygens (including phenoxy) is 3.